The molecule has 0 unspecified atom stereocenters. The van der Waals surface area contributed by atoms with E-state index in [1.807, 2.05) is 0 Å². The fraction of sp³-hybridized carbons (Fsp3) is 0.536. The van der Waals surface area contributed by atoms with Gasteiger partial charge in [-0.1, -0.05) is 32.5 Å². The van der Waals surface area contributed by atoms with Gasteiger partial charge in [0.15, 0.2) is 0 Å². The first-order chi connectivity index (χ1) is 20.6. The zero-order valence-corrected chi connectivity index (χ0v) is 26.2. The highest BCUT2D eigenvalue weighted by molar-refractivity contribution is 6.76. The maximum atomic E-state index is 14.0. The number of nitrogens with one attached hydrogen (secondary N) is 2. The Bertz CT molecular complexity index is 1420. The van der Waals surface area contributed by atoms with E-state index in [9.17, 15) is 37.9 Å². The van der Waals surface area contributed by atoms with Gasteiger partial charge in [-0.25, -0.2) is 14.6 Å². The van der Waals surface area contributed by atoms with Crippen LogP contribution in [0.15, 0.2) is 18.2 Å². The average Bonchev–Trinajstić information content (AvgIpc) is 3.30. The van der Waals surface area contributed by atoms with Crippen molar-refractivity contribution < 1.29 is 42.1 Å². The van der Waals surface area contributed by atoms with E-state index in [1.54, 1.807) is 11.6 Å². The van der Waals surface area contributed by atoms with Gasteiger partial charge >= 0.3 is 24.1 Å². The summed E-state index contributed by atoms with van der Waals surface area (Å²) in [5, 5.41) is 25.9. The number of hydrogen-bond donors (Lipinski definition) is 3. The summed E-state index contributed by atoms with van der Waals surface area (Å²) in [4.78, 5) is 42.2. The number of aromatic nitrogens is 2. The number of anilines is 2. The van der Waals surface area contributed by atoms with E-state index in [2.05, 4.69) is 41.1 Å². The van der Waals surface area contributed by atoms with Crippen molar-refractivity contribution in [3.05, 3.63) is 29.7 Å². The highest BCUT2D eigenvalue weighted by atomic mass is 28.3. The zero-order valence-electron chi connectivity index (χ0n) is 25.2. The molecule has 2 aromatic rings. The number of halogens is 3. The predicted molar refractivity (Wildman–Crippen MR) is 158 cm³/mol. The van der Waals surface area contributed by atoms with Crippen molar-refractivity contribution in [3.8, 4) is 17.3 Å². The molecule has 1 aromatic carbocycles. The summed E-state index contributed by atoms with van der Waals surface area (Å²) in [5.74, 6) is -3.66. The monoisotopic (exact) mass is 638 g/mol. The quantitative estimate of drug-likeness (QED) is 0.264. The average molecular weight is 639 g/mol. The topological polar surface area (TPSA) is 159 Å². The first-order valence-corrected chi connectivity index (χ1v) is 17.7. The van der Waals surface area contributed by atoms with Crippen molar-refractivity contribution in [1.29, 1.82) is 5.26 Å². The summed E-state index contributed by atoms with van der Waals surface area (Å²) in [6.07, 6.45) is -5.72. The molecule has 0 aliphatic carbocycles. The van der Waals surface area contributed by atoms with E-state index in [0.29, 0.717) is 25.3 Å². The standard InChI is InChI=1S/C28H37F3N6O6Si/c1-33-19-8-6-7-9-20(25(38)39)37(26(40)28(29,30)31)21-14-17(34-27(41)42-2)10-11-18(21)23-22(15-32)36(24(19)35-23)16-43-12-13-44(3,4)5/h10-11,14,19-20,33H,6-9,12-13,16H2,1-5H3,(H,34,41)(H,38,39)/t19-,20+/m0/s1. The van der Waals surface area contributed by atoms with Crippen LogP contribution in [0.25, 0.3) is 11.3 Å². The first-order valence-electron chi connectivity index (χ1n) is 14.0. The minimum absolute atomic E-state index is 0.0475. The van der Waals surface area contributed by atoms with Crippen molar-refractivity contribution in [2.45, 2.75) is 76.4 Å². The number of alkyl halides is 3. The fourth-order valence-corrected chi connectivity index (χ4v) is 5.64. The Balaban J connectivity index is 2.35. The van der Waals surface area contributed by atoms with Gasteiger partial charge in [0.2, 0.25) is 0 Å². The molecule has 2 amide bonds. The number of carboxylic acids is 1. The zero-order chi connectivity index (χ0) is 32.8. The number of nitrogens with zero attached hydrogens (tertiary/aromatic N) is 4. The lowest BCUT2D eigenvalue weighted by molar-refractivity contribution is -0.171. The Morgan fingerprint density at radius 2 is 1.89 bits per heavy atom. The first kappa shape index (κ1) is 34.5. The number of fused-ring (bicyclic) bond motifs is 4. The third kappa shape index (κ3) is 8.15. The molecule has 2 heterocycles. The Labute approximate surface area is 254 Å². The minimum atomic E-state index is -5.45. The lowest BCUT2D eigenvalue weighted by atomic mass is 9.99. The molecule has 0 radical (unpaired) electrons. The van der Waals surface area contributed by atoms with Crippen LogP contribution in [0.1, 0.15) is 43.2 Å². The van der Waals surface area contributed by atoms with Gasteiger partial charge in [0.25, 0.3) is 0 Å². The highest BCUT2D eigenvalue weighted by Gasteiger charge is 2.48. The number of ether oxygens (including phenoxy) is 2. The molecule has 44 heavy (non-hydrogen) atoms. The molecule has 1 aliphatic heterocycles. The molecule has 2 bridgehead atoms. The van der Waals surface area contributed by atoms with E-state index in [-0.39, 0.29) is 47.1 Å². The molecular formula is C28H37F3N6O6Si. The third-order valence-corrected chi connectivity index (χ3v) is 8.91. The number of amides is 2. The summed E-state index contributed by atoms with van der Waals surface area (Å²) in [7, 11) is 1.34. The maximum absolute atomic E-state index is 14.0. The van der Waals surface area contributed by atoms with E-state index in [0.717, 1.165) is 19.2 Å². The Kier molecular flexibility index (Phi) is 11.2. The van der Waals surface area contributed by atoms with Crippen LogP contribution in [0.3, 0.4) is 0 Å². The second-order valence-corrected chi connectivity index (χ2v) is 17.2. The molecule has 3 rings (SSSR count). The Morgan fingerprint density at radius 1 is 1.20 bits per heavy atom. The largest absolute Gasteiger partial charge is 0.480 e. The van der Waals surface area contributed by atoms with Crippen molar-refractivity contribution in [3.63, 3.8) is 0 Å². The number of aliphatic carboxylic acids is 1. The summed E-state index contributed by atoms with van der Waals surface area (Å²) in [5.41, 5.74) is -0.803. The fourth-order valence-electron chi connectivity index (χ4n) is 4.89. The number of nitriles is 1. The maximum Gasteiger partial charge on any atom is 0.471 e. The second-order valence-electron chi connectivity index (χ2n) is 11.6. The van der Waals surface area contributed by atoms with Crippen molar-refractivity contribution in [2.75, 3.05) is 31.0 Å². The Hall–Kier alpha value is -3.94. The van der Waals surface area contributed by atoms with Crippen LogP contribution in [0.5, 0.6) is 0 Å². The molecule has 2 atom stereocenters. The van der Waals surface area contributed by atoms with E-state index >= 15 is 0 Å². The molecule has 1 aliphatic rings. The summed E-state index contributed by atoms with van der Waals surface area (Å²) in [6.45, 7) is 6.93. The normalized spacial score (nSPS) is 17.5. The number of carboxylic acid groups (broad SMARTS) is 1. The van der Waals surface area contributed by atoms with Crippen LogP contribution in [0.2, 0.25) is 25.7 Å². The molecule has 1 aromatic heterocycles. The van der Waals surface area contributed by atoms with Gasteiger partial charge in [-0.15, -0.1) is 0 Å². The Morgan fingerprint density at radius 3 is 2.45 bits per heavy atom. The van der Waals surface area contributed by atoms with E-state index in [1.165, 1.54) is 12.1 Å². The van der Waals surface area contributed by atoms with Crippen LogP contribution in [0, 0.1) is 11.3 Å². The van der Waals surface area contributed by atoms with Crippen molar-refractivity contribution in [1.82, 2.24) is 14.9 Å². The molecule has 240 valence electrons. The molecular weight excluding hydrogens is 601 g/mol. The van der Waals surface area contributed by atoms with Crippen LogP contribution in [0.4, 0.5) is 29.3 Å². The number of hydrogen-bond acceptors (Lipinski definition) is 8. The molecule has 0 spiro atoms. The van der Waals surface area contributed by atoms with Gasteiger partial charge in [-0.05, 0) is 44.1 Å². The van der Waals surface area contributed by atoms with Crippen molar-refractivity contribution >= 4 is 37.4 Å². The van der Waals surface area contributed by atoms with E-state index < -0.39 is 50.0 Å². The second kappa shape index (κ2) is 14.2. The smallest absolute Gasteiger partial charge is 0.471 e. The summed E-state index contributed by atoms with van der Waals surface area (Å²) in [6, 6.07) is 4.25. The number of carbonyl (C=O) groups excluding carboxylic acids is 2. The predicted octanol–water partition coefficient (Wildman–Crippen LogP) is 5.10. The SMILES string of the molecule is CN[C@H]1CCCC[C@H](C(=O)O)N(C(=O)C(F)(F)F)c2cc(NC(=O)OC)ccc2-c2nc1n(COCC[Si](C)(C)C)c2C#N. The number of benzene rings is 1. The molecule has 16 heteroatoms. The third-order valence-electron chi connectivity index (χ3n) is 7.20. The van der Waals surface area contributed by atoms with Gasteiger partial charge in [0.05, 0.1) is 18.8 Å². The van der Waals surface area contributed by atoms with Crippen LogP contribution in [-0.2, 0) is 25.8 Å². The minimum Gasteiger partial charge on any atom is -0.480 e. The van der Waals surface area contributed by atoms with Crippen molar-refractivity contribution in [2.24, 2.45) is 0 Å². The summed E-state index contributed by atoms with van der Waals surface area (Å²) < 4.78 is 54.2. The highest BCUT2D eigenvalue weighted by Crippen LogP contribution is 2.40. The number of rotatable bonds is 8. The van der Waals surface area contributed by atoms with Crippen LogP contribution >= 0.6 is 0 Å². The molecule has 3 N–H and O–H groups in total. The molecule has 0 fully saturated rings. The molecule has 0 saturated carbocycles. The van der Waals surface area contributed by atoms with Gasteiger partial charge in [-0.2, -0.15) is 18.4 Å². The number of imidazole rings is 1. The van der Waals surface area contributed by atoms with Gasteiger partial charge in [-0.3, -0.25) is 19.6 Å². The van der Waals surface area contributed by atoms with Crippen LogP contribution < -0.4 is 15.5 Å². The number of carbonyl (C=O) groups is 3. The van der Waals surface area contributed by atoms with Gasteiger partial charge in [0, 0.05) is 25.9 Å². The summed E-state index contributed by atoms with van der Waals surface area (Å²) >= 11 is 0. The van der Waals surface area contributed by atoms with Gasteiger partial charge in [0.1, 0.15) is 36.1 Å². The lowest BCUT2D eigenvalue weighted by Gasteiger charge is -2.32. The van der Waals surface area contributed by atoms with Crippen LogP contribution in [-0.4, -0.2) is 73.7 Å². The number of methoxy groups -OCH3 is 1. The lowest BCUT2D eigenvalue weighted by Crippen LogP contribution is -2.51. The van der Waals surface area contributed by atoms with Gasteiger partial charge < -0.3 is 19.9 Å². The van der Waals surface area contributed by atoms with E-state index in [4.69, 9.17) is 9.72 Å². The molecule has 12 nitrogen and oxygen atoms in total. The molecule has 0 saturated heterocycles.